The highest BCUT2D eigenvalue weighted by Gasteiger charge is 2.16. The fourth-order valence-corrected chi connectivity index (χ4v) is 1.41. The molecular formula is C10H9N5O4. The van der Waals surface area contributed by atoms with Gasteiger partial charge in [-0.3, -0.25) is 24.8 Å². The van der Waals surface area contributed by atoms with Gasteiger partial charge < -0.3 is 10.3 Å². The first-order chi connectivity index (χ1) is 8.97. The summed E-state index contributed by atoms with van der Waals surface area (Å²) in [6, 6.07) is 2.47. The van der Waals surface area contributed by atoms with Crippen molar-refractivity contribution in [3.8, 4) is 0 Å². The lowest BCUT2D eigenvalue weighted by Gasteiger charge is -2.00. The number of H-pyrrole nitrogens is 2. The van der Waals surface area contributed by atoms with Gasteiger partial charge in [0, 0.05) is 17.8 Å². The maximum atomic E-state index is 11.8. The monoisotopic (exact) mass is 263 g/mol. The first-order valence-electron chi connectivity index (χ1n) is 5.18. The molecule has 9 heteroatoms. The Balaban J connectivity index is 2.30. The van der Waals surface area contributed by atoms with Gasteiger partial charge in [-0.25, -0.2) is 0 Å². The van der Waals surface area contributed by atoms with Crippen LogP contribution in [0.15, 0.2) is 23.1 Å². The van der Waals surface area contributed by atoms with Gasteiger partial charge in [0.25, 0.3) is 17.2 Å². The Kier molecular flexibility index (Phi) is 3.10. The highest BCUT2D eigenvalue weighted by Crippen LogP contribution is 2.10. The third-order valence-electron chi connectivity index (χ3n) is 2.29. The molecule has 0 aliphatic rings. The van der Waals surface area contributed by atoms with Crippen LogP contribution in [0, 0.1) is 17.0 Å². The van der Waals surface area contributed by atoms with Gasteiger partial charge >= 0.3 is 0 Å². The van der Waals surface area contributed by atoms with Crippen LogP contribution in [0.4, 0.5) is 11.5 Å². The summed E-state index contributed by atoms with van der Waals surface area (Å²) in [5.74, 6) is -0.537. The average Bonchev–Trinajstić information content (AvgIpc) is 2.74. The zero-order chi connectivity index (χ0) is 14.0. The zero-order valence-electron chi connectivity index (χ0n) is 9.76. The van der Waals surface area contributed by atoms with Gasteiger partial charge in [0.2, 0.25) is 0 Å². The fourth-order valence-electron chi connectivity index (χ4n) is 1.41. The number of anilines is 1. The molecule has 0 fully saturated rings. The molecule has 1 amide bonds. The van der Waals surface area contributed by atoms with E-state index in [4.69, 9.17) is 0 Å². The Labute approximate surface area is 105 Å². The molecule has 2 heterocycles. The predicted molar refractivity (Wildman–Crippen MR) is 65.0 cm³/mol. The normalized spacial score (nSPS) is 10.2. The molecule has 0 spiro atoms. The van der Waals surface area contributed by atoms with Gasteiger partial charge in [-0.05, 0) is 6.92 Å². The minimum Gasteiger partial charge on any atom is -0.322 e. The molecule has 2 aromatic rings. The van der Waals surface area contributed by atoms with Crippen LogP contribution in [0.3, 0.4) is 0 Å². The number of hydrogen-bond acceptors (Lipinski definition) is 5. The summed E-state index contributed by atoms with van der Waals surface area (Å²) < 4.78 is 0. The fraction of sp³-hybridized carbons (Fsp3) is 0.100. The second-order valence-corrected chi connectivity index (χ2v) is 3.75. The first kappa shape index (κ1) is 12.5. The van der Waals surface area contributed by atoms with Crippen molar-refractivity contribution < 1.29 is 9.72 Å². The molecular weight excluding hydrogens is 254 g/mol. The molecule has 2 aromatic heterocycles. The first-order valence-corrected chi connectivity index (χ1v) is 5.18. The molecule has 0 unspecified atom stereocenters. The van der Waals surface area contributed by atoms with E-state index in [0.717, 1.165) is 18.0 Å². The summed E-state index contributed by atoms with van der Waals surface area (Å²) in [6.45, 7) is 1.74. The summed E-state index contributed by atoms with van der Waals surface area (Å²) in [4.78, 5) is 35.3. The van der Waals surface area contributed by atoms with E-state index < -0.39 is 16.4 Å². The number of pyridine rings is 1. The third-order valence-corrected chi connectivity index (χ3v) is 2.29. The van der Waals surface area contributed by atoms with E-state index in [9.17, 15) is 19.7 Å². The highest BCUT2D eigenvalue weighted by molar-refractivity contribution is 6.03. The Morgan fingerprint density at radius 1 is 1.47 bits per heavy atom. The van der Waals surface area contributed by atoms with Crippen LogP contribution in [-0.2, 0) is 0 Å². The van der Waals surface area contributed by atoms with Crippen molar-refractivity contribution in [2.24, 2.45) is 0 Å². The van der Waals surface area contributed by atoms with Gasteiger partial charge in [0.15, 0.2) is 5.82 Å². The van der Waals surface area contributed by atoms with Crippen molar-refractivity contribution in [1.82, 2.24) is 15.2 Å². The Bertz CT molecular complexity index is 702. The van der Waals surface area contributed by atoms with Gasteiger partial charge in [-0.15, -0.1) is 0 Å². The van der Waals surface area contributed by atoms with Gasteiger partial charge in [0.05, 0.1) is 11.1 Å². The number of nitrogens with zero attached hydrogens (tertiary/aromatic N) is 2. The zero-order valence-corrected chi connectivity index (χ0v) is 9.76. The predicted octanol–water partition coefficient (Wildman–Crippen LogP) is 0.567. The van der Waals surface area contributed by atoms with Crippen LogP contribution in [0.1, 0.15) is 16.1 Å². The van der Waals surface area contributed by atoms with Crippen molar-refractivity contribution in [3.05, 3.63) is 50.1 Å². The molecule has 0 radical (unpaired) electrons. The lowest BCUT2D eigenvalue weighted by molar-refractivity contribution is -0.385. The lowest BCUT2D eigenvalue weighted by Crippen LogP contribution is -2.23. The summed E-state index contributed by atoms with van der Waals surface area (Å²) in [5, 5.41) is 19.3. The molecule has 0 atom stereocenters. The number of aromatic nitrogens is 3. The molecule has 9 nitrogen and oxygen atoms in total. The molecule has 0 aromatic carbocycles. The summed E-state index contributed by atoms with van der Waals surface area (Å²) in [6.07, 6.45) is 0.928. The van der Waals surface area contributed by atoms with Crippen molar-refractivity contribution in [1.29, 1.82) is 0 Å². The number of nitrogens with one attached hydrogen (secondary N) is 3. The number of carbonyl (C=O) groups excluding carboxylic acids is 1. The quantitative estimate of drug-likeness (QED) is 0.549. The molecule has 3 N–H and O–H groups in total. The van der Waals surface area contributed by atoms with Crippen LogP contribution < -0.4 is 10.9 Å². The smallest absolute Gasteiger partial charge is 0.286 e. The SMILES string of the molecule is Cc1cc(NC(=O)c2cc([N+](=O)[O-])c[nH]c2=O)n[nH]1. The maximum absolute atomic E-state index is 11.8. The minimum absolute atomic E-state index is 0.230. The van der Waals surface area contributed by atoms with E-state index in [0.29, 0.717) is 0 Å². The molecule has 2 rings (SSSR count). The van der Waals surface area contributed by atoms with Crippen LogP contribution >= 0.6 is 0 Å². The second kappa shape index (κ2) is 4.72. The number of amides is 1. The van der Waals surface area contributed by atoms with Crippen LogP contribution in [-0.4, -0.2) is 26.0 Å². The average molecular weight is 263 g/mol. The van der Waals surface area contributed by atoms with Crippen molar-refractivity contribution in [2.45, 2.75) is 6.92 Å². The molecule has 19 heavy (non-hydrogen) atoms. The number of rotatable bonds is 3. The molecule has 0 bridgehead atoms. The number of aromatic amines is 2. The number of aryl methyl sites for hydroxylation is 1. The summed E-state index contributed by atoms with van der Waals surface area (Å²) in [7, 11) is 0. The van der Waals surface area contributed by atoms with Crippen molar-refractivity contribution in [3.63, 3.8) is 0 Å². The largest absolute Gasteiger partial charge is 0.322 e. The van der Waals surface area contributed by atoms with Crippen molar-refractivity contribution >= 4 is 17.4 Å². The number of hydrogen-bond donors (Lipinski definition) is 3. The van der Waals surface area contributed by atoms with Gasteiger partial charge in [-0.1, -0.05) is 0 Å². The topological polar surface area (TPSA) is 134 Å². The van der Waals surface area contributed by atoms with E-state index in [-0.39, 0.29) is 17.1 Å². The van der Waals surface area contributed by atoms with Crippen molar-refractivity contribution in [2.75, 3.05) is 5.32 Å². The number of nitro groups is 1. The van der Waals surface area contributed by atoms with Crippen LogP contribution in [0.2, 0.25) is 0 Å². The molecule has 0 aliphatic carbocycles. The maximum Gasteiger partial charge on any atom is 0.286 e. The molecule has 98 valence electrons. The third kappa shape index (κ3) is 2.65. The lowest BCUT2D eigenvalue weighted by atomic mass is 10.2. The van der Waals surface area contributed by atoms with E-state index >= 15 is 0 Å². The Morgan fingerprint density at radius 2 is 2.21 bits per heavy atom. The Hall–Kier alpha value is -2.97. The van der Waals surface area contributed by atoms with Gasteiger partial charge in [0.1, 0.15) is 5.56 Å². The summed E-state index contributed by atoms with van der Waals surface area (Å²) >= 11 is 0. The van der Waals surface area contributed by atoms with E-state index in [2.05, 4.69) is 20.5 Å². The molecule has 0 saturated carbocycles. The highest BCUT2D eigenvalue weighted by atomic mass is 16.6. The van der Waals surface area contributed by atoms with E-state index in [1.54, 1.807) is 13.0 Å². The van der Waals surface area contributed by atoms with Crippen LogP contribution in [0.5, 0.6) is 0 Å². The Morgan fingerprint density at radius 3 is 2.79 bits per heavy atom. The van der Waals surface area contributed by atoms with E-state index in [1.165, 1.54) is 0 Å². The van der Waals surface area contributed by atoms with Crippen LogP contribution in [0.25, 0.3) is 0 Å². The standard InChI is InChI=1S/C10H9N5O4/c1-5-2-8(14-13-5)12-10(17)7-3-6(15(18)19)4-11-9(7)16/h2-4H,1H3,(H,11,16)(H2,12,13,14,17). The van der Waals surface area contributed by atoms with Gasteiger partial charge in [-0.2, -0.15) is 5.10 Å². The second-order valence-electron chi connectivity index (χ2n) is 3.75. The minimum atomic E-state index is -0.767. The summed E-state index contributed by atoms with van der Waals surface area (Å²) in [5.41, 5.74) is -0.712. The van der Waals surface area contributed by atoms with E-state index in [1.807, 2.05) is 0 Å². The molecule has 0 aliphatic heterocycles. The number of carbonyl (C=O) groups is 1. The molecule has 0 saturated heterocycles.